The molecule has 0 radical (unpaired) electrons. The molecule has 0 saturated carbocycles. The highest BCUT2D eigenvalue weighted by molar-refractivity contribution is 9.11. The Morgan fingerprint density at radius 3 is 2.37 bits per heavy atom. The van der Waals surface area contributed by atoms with E-state index in [0.717, 1.165) is 22.0 Å². The van der Waals surface area contributed by atoms with Gasteiger partial charge in [-0.05, 0) is 56.6 Å². The van der Waals surface area contributed by atoms with E-state index in [9.17, 15) is 0 Å². The second-order valence-corrected chi connectivity index (χ2v) is 7.25. The predicted molar refractivity (Wildman–Crippen MR) is 88.4 cm³/mol. The molecule has 1 aliphatic heterocycles. The summed E-state index contributed by atoms with van der Waals surface area (Å²) in [7, 11) is 0. The molecule has 0 aromatic heterocycles. The summed E-state index contributed by atoms with van der Waals surface area (Å²) in [5, 5.41) is 3.62. The molecule has 1 saturated heterocycles. The van der Waals surface area contributed by atoms with E-state index in [-0.39, 0.29) is 0 Å². The molecule has 0 bridgehead atoms. The Hall–Kier alpha value is 0.1000. The maximum Gasteiger partial charge on any atom is 0.0209 e. The van der Waals surface area contributed by atoms with Crippen LogP contribution in [0.3, 0.4) is 0 Å². The number of hydrogen-bond donors (Lipinski definition) is 1. The summed E-state index contributed by atoms with van der Waals surface area (Å²) < 4.78 is 2.25. The second kappa shape index (κ2) is 7.77. The molecule has 2 rings (SSSR count). The molecule has 0 aliphatic carbocycles. The molecular weight excluding hydrogens is 368 g/mol. The van der Waals surface area contributed by atoms with Crippen molar-refractivity contribution in [2.75, 3.05) is 19.6 Å². The van der Waals surface area contributed by atoms with Crippen molar-refractivity contribution in [2.24, 2.45) is 0 Å². The van der Waals surface area contributed by atoms with Crippen LogP contribution in [0.25, 0.3) is 0 Å². The molecule has 0 amide bonds. The minimum atomic E-state index is 0.538. The van der Waals surface area contributed by atoms with Crippen LogP contribution < -0.4 is 5.32 Å². The number of likely N-dealkylation sites (tertiary alicyclic amines) is 1. The van der Waals surface area contributed by atoms with E-state index in [1.54, 1.807) is 0 Å². The second-order valence-electron chi connectivity index (χ2n) is 5.42. The van der Waals surface area contributed by atoms with Crippen LogP contribution in [0, 0.1) is 0 Å². The lowest BCUT2D eigenvalue weighted by Gasteiger charge is -2.29. The summed E-state index contributed by atoms with van der Waals surface area (Å²) >= 11 is 7.07. The third-order valence-electron chi connectivity index (χ3n) is 3.56. The number of nitrogens with one attached hydrogen (secondary N) is 1. The normalized spacial score (nSPS) is 18.5. The zero-order valence-corrected chi connectivity index (χ0v) is 14.6. The first-order valence-corrected chi connectivity index (χ1v) is 8.63. The number of benzene rings is 1. The molecule has 0 spiro atoms. The summed E-state index contributed by atoms with van der Waals surface area (Å²) in [6, 6.07) is 6.95. The van der Waals surface area contributed by atoms with Gasteiger partial charge in [-0.2, -0.15) is 0 Å². The molecule has 1 aromatic rings. The van der Waals surface area contributed by atoms with Gasteiger partial charge in [-0.15, -0.1) is 0 Å². The largest absolute Gasteiger partial charge is 0.309 e. The fraction of sp³-hybridized carbons (Fsp3) is 0.600. The molecule has 1 aliphatic rings. The Morgan fingerprint density at radius 1 is 1.11 bits per heavy atom. The molecular formula is C15H22Br2N2. The fourth-order valence-corrected chi connectivity index (χ4v) is 3.99. The lowest BCUT2D eigenvalue weighted by molar-refractivity contribution is 0.209. The van der Waals surface area contributed by atoms with Crippen LogP contribution in [0.2, 0.25) is 0 Å². The van der Waals surface area contributed by atoms with Gasteiger partial charge in [0.1, 0.15) is 0 Å². The standard InChI is InChI=1S/C15H22Br2N2/c1-12(11-19-5-3-2-4-6-19)18-10-13-7-14(16)9-15(17)8-13/h7-9,12,18H,2-6,10-11H2,1H3. The van der Waals surface area contributed by atoms with Crippen LogP contribution in [0.15, 0.2) is 27.1 Å². The minimum Gasteiger partial charge on any atom is -0.309 e. The van der Waals surface area contributed by atoms with Crippen molar-refractivity contribution in [1.82, 2.24) is 10.2 Å². The minimum absolute atomic E-state index is 0.538. The Bertz CT molecular complexity index is 383. The van der Waals surface area contributed by atoms with E-state index in [1.807, 2.05) is 0 Å². The zero-order valence-electron chi connectivity index (χ0n) is 11.5. The number of nitrogens with zero attached hydrogens (tertiary/aromatic N) is 1. The lowest BCUT2D eigenvalue weighted by atomic mass is 10.1. The maximum atomic E-state index is 3.62. The first-order chi connectivity index (χ1) is 9.13. The molecule has 2 nitrogen and oxygen atoms in total. The van der Waals surface area contributed by atoms with Crippen LogP contribution in [0.5, 0.6) is 0 Å². The van der Waals surface area contributed by atoms with Crippen LogP contribution in [-0.2, 0) is 6.54 Å². The highest BCUT2D eigenvalue weighted by Crippen LogP contribution is 2.20. The smallest absolute Gasteiger partial charge is 0.0209 e. The zero-order chi connectivity index (χ0) is 13.7. The molecule has 19 heavy (non-hydrogen) atoms. The van der Waals surface area contributed by atoms with Crippen LogP contribution in [-0.4, -0.2) is 30.6 Å². The van der Waals surface area contributed by atoms with E-state index in [1.165, 1.54) is 37.9 Å². The fourth-order valence-electron chi connectivity index (χ4n) is 2.60. The Kier molecular flexibility index (Phi) is 6.33. The van der Waals surface area contributed by atoms with Crippen LogP contribution in [0.1, 0.15) is 31.7 Å². The molecule has 1 fully saturated rings. The van der Waals surface area contributed by atoms with Crippen molar-refractivity contribution in [3.8, 4) is 0 Å². The van der Waals surface area contributed by atoms with Gasteiger partial charge in [-0.1, -0.05) is 38.3 Å². The van der Waals surface area contributed by atoms with Crippen molar-refractivity contribution in [1.29, 1.82) is 0 Å². The van der Waals surface area contributed by atoms with Gasteiger partial charge < -0.3 is 10.2 Å². The van der Waals surface area contributed by atoms with Gasteiger partial charge in [-0.3, -0.25) is 0 Å². The summed E-state index contributed by atoms with van der Waals surface area (Å²) in [5.74, 6) is 0. The predicted octanol–water partition coefficient (Wildman–Crippen LogP) is 4.18. The van der Waals surface area contributed by atoms with Gasteiger partial charge in [0.05, 0.1) is 0 Å². The average Bonchev–Trinajstić information content (AvgIpc) is 2.36. The third kappa shape index (κ3) is 5.54. The number of halogens is 2. The Morgan fingerprint density at radius 2 is 1.74 bits per heavy atom. The SMILES string of the molecule is CC(CN1CCCCC1)NCc1cc(Br)cc(Br)c1. The monoisotopic (exact) mass is 388 g/mol. The Balaban J connectivity index is 1.77. The van der Waals surface area contributed by atoms with Crippen LogP contribution in [0.4, 0.5) is 0 Å². The van der Waals surface area contributed by atoms with E-state index in [4.69, 9.17) is 0 Å². The van der Waals surface area contributed by atoms with Gasteiger partial charge in [0.2, 0.25) is 0 Å². The summed E-state index contributed by atoms with van der Waals surface area (Å²) in [6.45, 7) is 6.91. The maximum absolute atomic E-state index is 3.62. The first kappa shape index (κ1) is 15.5. The lowest BCUT2D eigenvalue weighted by Crippen LogP contribution is -2.41. The van der Waals surface area contributed by atoms with E-state index in [0.29, 0.717) is 6.04 Å². The quantitative estimate of drug-likeness (QED) is 0.812. The molecule has 1 atom stereocenters. The number of rotatable bonds is 5. The van der Waals surface area contributed by atoms with Gasteiger partial charge >= 0.3 is 0 Å². The van der Waals surface area contributed by atoms with Crippen molar-refractivity contribution in [2.45, 2.75) is 38.8 Å². The average molecular weight is 390 g/mol. The third-order valence-corrected chi connectivity index (χ3v) is 4.47. The van der Waals surface area contributed by atoms with Crippen molar-refractivity contribution < 1.29 is 0 Å². The van der Waals surface area contributed by atoms with E-state index >= 15 is 0 Å². The number of hydrogen-bond acceptors (Lipinski definition) is 2. The topological polar surface area (TPSA) is 15.3 Å². The highest BCUT2D eigenvalue weighted by Gasteiger charge is 2.13. The highest BCUT2D eigenvalue weighted by atomic mass is 79.9. The van der Waals surface area contributed by atoms with Gasteiger partial charge in [0.15, 0.2) is 0 Å². The summed E-state index contributed by atoms with van der Waals surface area (Å²) in [4.78, 5) is 2.58. The summed E-state index contributed by atoms with van der Waals surface area (Å²) in [5.41, 5.74) is 1.31. The molecule has 1 N–H and O–H groups in total. The molecule has 4 heteroatoms. The van der Waals surface area contributed by atoms with Crippen LogP contribution >= 0.6 is 31.9 Å². The Labute approximate surface area is 133 Å². The molecule has 1 unspecified atom stereocenters. The van der Waals surface area contributed by atoms with Gasteiger partial charge in [-0.25, -0.2) is 0 Å². The molecule has 1 heterocycles. The van der Waals surface area contributed by atoms with E-state index < -0.39 is 0 Å². The van der Waals surface area contributed by atoms with Gasteiger partial charge in [0.25, 0.3) is 0 Å². The van der Waals surface area contributed by atoms with Crippen molar-refractivity contribution >= 4 is 31.9 Å². The van der Waals surface area contributed by atoms with Crippen molar-refractivity contribution in [3.05, 3.63) is 32.7 Å². The van der Waals surface area contributed by atoms with Crippen molar-refractivity contribution in [3.63, 3.8) is 0 Å². The van der Waals surface area contributed by atoms with E-state index in [2.05, 4.69) is 67.2 Å². The number of piperidine rings is 1. The molecule has 1 aromatic carbocycles. The summed E-state index contributed by atoms with van der Waals surface area (Å²) in [6.07, 6.45) is 4.14. The van der Waals surface area contributed by atoms with Gasteiger partial charge in [0, 0.05) is 28.1 Å². The first-order valence-electron chi connectivity index (χ1n) is 7.04. The molecule has 106 valence electrons.